The standard InChI is InChI=1S/C19H20N4O2S/c1-10(2)26-19-22-17-16(18(25)23-19)14(11-6-8-20-9-7-11)15-12(21-17)4-3-5-13(15)24/h6-10,14H,3-5H2,1-2H3,(H2,21,22,23,25)/t14-/m0/s1. The number of hydrogen-bond donors (Lipinski definition) is 2. The lowest BCUT2D eigenvalue weighted by Crippen LogP contribution is -2.32. The van der Waals surface area contributed by atoms with Crippen molar-refractivity contribution >= 4 is 23.4 Å². The second-order valence-electron chi connectivity index (χ2n) is 6.81. The van der Waals surface area contributed by atoms with Crippen LogP contribution in [0.25, 0.3) is 0 Å². The summed E-state index contributed by atoms with van der Waals surface area (Å²) in [4.78, 5) is 37.2. The highest BCUT2D eigenvalue weighted by Crippen LogP contribution is 2.43. The Labute approximate surface area is 155 Å². The summed E-state index contributed by atoms with van der Waals surface area (Å²) in [5, 5.41) is 4.18. The second-order valence-corrected chi connectivity index (χ2v) is 8.37. The molecular formula is C19H20N4O2S. The van der Waals surface area contributed by atoms with Gasteiger partial charge in [-0.2, -0.15) is 0 Å². The van der Waals surface area contributed by atoms with E-state index in [0.717, 1.165) is 24.1 Å². The first kappa shape index (κ1) is 17.0. The van der Waals surface area contributed by atoms with Gasteiger partial charge in [0, 0.05) is 41.3 Å². The summed E-state index contributed by atoms with van der Waals surface area (Å²) in [5.41, 5.74) is 2.80. The van der Waals surface area contributed by atoms with Crippen LogP contribution in [0.3, 0.4) is 0 Å². The molecule has 2 aromatic heterocycles. The Morgan fingerprint density at radius 2 is 1.96 bits per heavy atom. The largest absolute Gasteiger partial charge is 0.343 e. The number of thioether (sulfide) groups is 1. The van der Waals surface area contributed by atoms with Crippen LogP contribution in [0.15, 0.2) is 45.7 Å². The maximum Gasteiger partial charge on any atom is 0.257 e. The zero-order valence-electron chi connectivity index (χ0n) is 14.7. The number of aromatic nitrogens is 3. The molecule has 26 heavy (non-hydrogen) atoms. The molecule has 0 aromatic carbocycles. The van der Waals surface area contributed by atoms with Crippen LogP contribution in [0.4, 0.5) is 5.82 Å². The van der Waals surface area contributed by atoms with Gasteiger partial charge >= 0.3 is 0 Å². The molecule has 1 atom stereocenters. The van der Waals surface area contributed by atoms with Crippen LogP contribution in [0.2, 0.25) is 0 Å². The van der Waals surface area contributed by atoms with Crippen molar-refractivity contribution in [2.75, 3.05) is 5.32 Å². The van der Waals surface area contributed by atoms with E-state index in [1.54, 1.807) is 12.4 Å². The molecule has 7 heteroatoms. The molecule has 134 valence electrons. The van der Waals surface area contributed by atoms with Crippen LogP contribution in [0, 0.1) is 0 Å². The van der Waals surface area contributed by atoms with E-state index in [-0.39, 0.29) is 11.3 Å². The molecule has 6 nitrogen and oxygen atoms in total. The highest BCUT2D eigenvalue weighted by atomic mass is 32.2. The molecule has 0 radical (unpaired) electrons. The fraction of sp³-hybridized carbons (Fsp3) is 0.368. The summed E-state index contributed by atoms with van der Waals surface area (Å²) >= 11 is 1.51. The van der Waals surface area contributed by atoms with Gasteiger partial charge < -0.3 is 10.3 Å². The van der Waals surface area contributed by atoms with E-state index < -0.39 is 5.92 Å². The van der Waals surface area contributed by atoms with Gasteiger partial charge in [-0.3, -0.25) is 14.6 Å². The Hall–Kier alpha value is -2.41. The van der Waals surface area contributed by atoms with Crippen LogP contribution in [0.5, 0.6) is 0 Å². The zero-order chi connectivity index (χ0) is 18.3. The van der Waals surface area contributed by atoms with Crippen molar-refractivity contribution in [2.45, 2.75) is 49.4 Å². The number of fused-ring (bicyclic) bond motifs is 1. The third kappa shape index (κ3) is 2.96. The van der Waals surface area contributed by atoms with Crippen LogP contribution >= 0.6 is 11.8 Å². The molecule has 2 N–H and O–H groups in total. The number of ketones is 1. The number of hydrogen-bond acceptors (Lipinski definition) is 6. The third-order valence-corrected chi connectivity index (χ3v) is 5.51. The summed E-state index contributed by atoms with van der Waals surface area (Å²) in [6, 6.07) is 3.73. The van der Waals surface area contributed by atoms with E-state index >= 15 is 0 Å². The number of carbonyl (C=O) groups excluding carboxylic acids is 1. The highest BCUT2D eigenvalue weighted by Gasteiger charge is 2.37. The fourth-order valence-corrected chi connectivity index (χ4v) is 4.35. The van der Waals surface area contributed by atoms with E-state index in [1.807, 2.05) is 12.1 Å². The molecule has 0 unspecified atom stereocenters. The van der Waals surface area contributed by atoms with Crippen LogP contribution in [0.1, 0.15) is 50.2 Å². The van der Waals surface area contributed by atoms with Crippen LogP contribution in [-0.2, 0) is 4.79 Å². The molecule has 3 heterocycles. The van der Waals surface area contributed by atoms with Crippen LogP contribution < -0.4 is 10.9 Å². The SMILES string of the molecule is CC(C)Sc1nc2c(c(=O)[nH]1)[C@@H](c1ccncc1)C1=C(CCCC1=O)N2. The van der Waals surface area contributed by atoms with E-state index in [4.69, 9.17) is 0 Å². The average molecular weight is 368 g/mol. The van der Waals surface area contributed by atoms with Crippen molar-refractivity contribution in [1.29, 1.82) is 0 Å². The van der Waals surface area contributed by atoms with Gasteiger partial charge in [0.25, 0.3) is 5.56 Å². The minimum atomic E-state index is -0.397. The van der Waals surface area contributed by atoms with Gasteiger partial charge in [-0.25, -0.2) is 4.98 Å². The minimum absolute atomic E-state index is 0.103. The topological polar surface area (TPSA) is 87.7 Å². The molecule has 0 amide bonds. The van der Waals surface area contributed by atoms with Crippen molar-refractivity contribution in [2.24, 2.45) is 0 Å². The summed E-state index contributed by atoms with van der Waals surface area (Å²) < 4.78 is 0. The summed E-state index contributed by atoms with van der Waals surface area (Å²) in [7, 11) is 0. The Morgan fingerprint density at radius 3 is 2.69 bits per heavy atom. The number of pyridine rings is 1. The highest BCUT2D eigenvalue weighted by molar-refractivity contribution is 7.99. The Morgan fingerprint density at radius 1 is 1.19 bits per heavy atom. The molecule has 0 saturated carbocycles. The van der Waals surface area contributed by atoms with E-state index in [2.05, 4.69) is 34.1 Å². The molecule has 1 aliphatic carbocycles. The molecule has 4 rings (SSSR count). The number of allylic oxidation sites excluding steroid dienone is 2. The van der Waals surface area contributed by atoms with Gasteiger partial charge in [0.1, 0.15) is 5.82 Å². The summed E-state index contributed by atoms with van der Waals surface area (Å²) in [6.07, 6.45) is 5.51. The number of aromatic amines is 1. The quantitative estimate of drug-likeness (QED) is 0.639. The molecule has 2 aliphatic rings. The van der Waals surface area contributed by atoms with Gasteiger partial charge in [0.05, 0.1) is 5.56 Å². The summed E-state index contributed by atoms with van der Waals surface area (Å²) in [6.45, 7) is 4.11. The lowest BCUT2D eigenvalue weighted by molar-refractivity contribution is -0.116. The van der Waals surface area contributed by atoms with Crippen LogP contribution in [-0.4, -0.2) is 26.0 Å². The van der Waals surface area contributed by atoms with E-state index in [9.17, 15) is 9.59 Å². The predicted octanol–water partition coefficient (Wildman–Crippen LogP) is 3.23. The molecule has 0 saturated heterocycles. The minimum Gasteiger partial charge on any atom is -0.343 e. The van der Waals surface area contributed by atoms with E-state index in [1.165, 1.54) is 11.8 Å². The van der Waals surface area contributed by atoms with Gasteiger partial charge in [-0.1, -0.05) is 25.6 Å². The maximum absolute atomic E-state index is 12.9. The summed E-state index contributed by atoms with van der Waals surface area (Å²) in [5.74, 6) is 0.268. The van der Waals surface area contributed by atoms with Crippen molar-refractivity contribution < 1.29 is 4.79 Å². The van der Waals surface area contributed by atoms with Gasteiger partial charge in [-0.05, 0) is 30.5 Å². The Kier molecular flexibility index (Phi) is 4.40. The first-order chi connectivity index (χ1) is 12.5. The lowest BCUT2D eigenvalue weighted by atomic mass is 9.77. The molecule has 0 spiro atoms. The number of H-pyrrole nitrogens is 1. The normalized spacial score (nSPS) is 19.2. The number of nitrogens with zero attached hydrogens (tertiary/aromatic N) is 2. The smallest absolute Gasteiger partial charge is 0.257 e. The molecule has 1 aliphatic heterocycles. The van der Waals surface area contributed by atoms with Crippen molar-refractivity contribution in [3.8, 4) is 0 Å². The number of carbonyl (C=O) groups is 1. The molecule has 0 fully saturated rings. The average Bonchev–Trinajstić information content (AvgIpc) is 2.60. The molecular weight excluding hydrogens is 348 g/mol. The first-order valence-electron chi connectivity index (χ1n) is 8.78. The van der Waals surface area contributed by atoms with Crippen molar-refractivity contribution in [3.63, 3.8) is 0 Å². The second kappa shape index (κ2) is 6.72. The number of nitrogens with one attached hydrogen (secondary N) is 2. The first-order valence-corrected chi connectivity index (χ1v) is 9.66. The number of anilines is 1. The molecule has 2 aromatic rings. The third-order valence-electron chi connectivity index (χ3n) is 4.62. The lowest BCUT2D eigenvalue weighted by Gasteiger charge is -2.32. The van der Waals surface area contributed by atoms with Gasteiger partial charge in [-0.15, -0.1) is 0 Å². The molecule has 0 bridgehead atoms. The van der Waals surface area contributed by atoms with Crippen molar-refractivity contribution in [3.05, 3.63) is 57.3 Å². The van der Waals surface area contributed by atoms with Gasteiger partial charge in [0.15, 0.2) is 10.9 Å². The fourth-order valence-electron chi connectivity index (χ4n) is 3.61. The monoisotopic (exact) mass is 368 g/mol. The predicted molar refractivity (Wildman–Crippen MR) is 101 cm³/mol. The maximum atomic E-state index is 12.9. The van der Waals surface area contributed by atoms with E-state index in [0.29, 0.717) is 33.8 Å². The van der Waals surface area contributed by atoms with Gasteiger partial charge in [0.2, 0.25) is 0 Å². The number of Topliss-reactive ketones (excluding diaryl/α,β-unsaturated/α-hetero) is 1. The Balaban J connectivity index is 1.92. The zero-order valence-corrected chi connectivity index (χ0v) is 15.5. The number of rotatable bonds is 3. The Bertz CT molecular complexity index is 950. The van der Waals surface area contributed by atoms with Crippen molar-refractivity contribution in [1.82, 2.24) is 15.0 Å².